The Labute approximate surface area is 316 Å². The molecule has 11 heteroatoms. The van der Waals surface area contributed by atoms with Crippen LogP contribution in [0.25, 0.3) is 10.8 Å². The zero-order chi connectivity index (χ0) is 38.6. The van der Waals surface area contributed by atoms with Crippen LogP contribution in [0.1, 0.15) is 51.2 Å². The molecule has 0 aromatic heterocycles. The highest BCUT2D eigenvalue weighted by molar-refractivity contribution is 6.05. The topological polar surface area (TPSA) is 135 Å². The highest BCUT2D eigenvalue weighted by Gasteiger charge is 2.76. The van der Waals surface area contributed by atoms with Crippen LogP contribution < -0.4 is 10.2 Å². The van der Waals surface area contributed by atoms with Crippen molar-refractivity contribution in [3.8, 4) is 0 Å². The van der Waals surface area contributed by atoms with E-state index in [2.05, 4.69) is 18.5 Å². The summed E-state index contributed by atoms with van der Waals surface area (Å²) < 4.78 is 18.6. The first-order valence-electron chi connectivity index (χ1n) is 18.8. The number of carbonyl (C=O) groups excluding carboxylic acids is 4. The number of benzene rings is 3. The van der Waals surface area contributed by atoms with Gasteiger partial charge in [0.25, 0.3) is 5.91 Å². The molecule has 3 saturated heterocycles. The molecule has 3 aromatic rings. The standard InChI is InChI=1S/C43H51N3O8/c1-6-8-18-35(48)44-32(26-52-5)38(29-15-10-9-11-16-29)53-42(51)36-34-21-22-43(54-34)37(36)40(49)46(33(25-47)27(3)4)39(43)41(50)45(23-7-2)31-20-19-28-14-12-13-17-30(28)24-31/h6-7,9-17,19-20,24,27,32-34,36-39,47H,1-2,8,18,21-23,25-26H2,3-5H3,(H,44,48)/t32-,33+,34-,36+,37+,38-,39-,43+/m1/s1. The van der Waals surface area contributed by atoms with E-state index < -0.39 is 59.6 Å². The number of aliphatic hydroxyl groups excluding tert-OH is 1. The van der Waals surface area contributed by atoms with E-state index in [1.807, 2.05) is 86.6 Å². The van der Waals surface area contributed by atoms with E-state index in [1.54, 1.807) is 17.1 Å². The number of nitrogens with zero attached hydrogens (tertiary/aromatic N) is 2. The Morgan fingerprint density at radius 2 is 1.78 bits per heavy atom. The molecule has 0 unspecified atom stereocenters. The molecule has 286 valence electrons. The third kappa shape index (κ3) is 7.20. The zero-order valence-corrected chi connectivity index (χ0v) is 31.3. The fourth-order valence-electron chi connectivity index (χ4n) is 8.68. The largest absolute Gasteiger partial charge is 0.455 e. The summed E-state index contributed by atoms with van der Waals surface area (Å²) in [6.07, 6.45) is 3.13. The van der Waals surface area contributed by atoms with Crippen molar-refractivity contribution in [1.29, 1.82) is 0 Å². The minimum Gasteiger partial charge on any atom is -0.455 e. The van der Waals surface area contributed by atoms with Crippen molar-refractivity contribution < 1.29 is 38.5 Å². The third-order valence-corrected chi connectivity index (χ3v) is 11.2. The molecule has 3 aliphatic heterocycles. The Bertz CT molecular complexity index is 1870. The molecular weight excluding hydrogens is 686 g/mol. The number of carbonyl (C=O) groups is 4. The second-order valence-corrected chi connectivity index (χ2v) is 14.8. The van der Waals surface area contributed by atoms with Crippen molar-refractivity contribution in [2.24, 2.45) is 17.8 Å². The van der Waals surface area contributed by atoms with Crippen LogP contribution in [0.3, 0.4) is 0 Å². The third-order valence-electron chi connectivity index (χ3n) is 11.2. The van der Waals surface area contributed by atoms with E-state index >= 15 is 4.79 Å². The number of fused-ring (bicyclic) bond motifs is 2. The summed E-state index contributed by atoms with van der Waals surface area (Å²) in [5, 5.41) is 15.6. The summed E-state index contributed by atoms with van der Waals surface area (Å²) in [6.45, 7) is 11.2. The van der Waals surface area contributed by atoms with Crippen LogP contribution >= 0.6 is 0 Å². The number of nitrogens with one attached hydrogen (secondary N) is 1. The molecule has 2 bridgehead atoms. The summed E-state index contributed by atoms with van der Waals surface area (Å²) in [5.41, 5.74) is -0.0722. The van der Waals surface area contributed by atoms with E-state index in [0.29, 0.717) is 30.5 Å². The second kappa shape index (κ2) is 16.7. The molecular formula is C43H51N3O8. The Hall–Kier alpha value is -4.84. The van der Waals surface area contributed by atoms with Crippen molar-refractivity contribution >= 4 is 40.2 Å². The van der Waals surface area contributed by atoms with Gasteiger partial charge in [-0.25, -0.2) is 0 Å². The SMILES string of the molecule is C=CCCC(=O)N[C@H](COC)[C@H](OC(=O)[C@@H]1[C@H]2C(=O)N([C@@H](CO)C(C)C)[C@H](C(=O)N(CC=C)c3ccc4ccccc4c3)[C@]23CC[C@H]1O3)c1ccccc1. The van der Waals surface area contributed by atoms with Gasteiger partial charge in [-0.3, -0.25) is 19.2 Å². The summed E-state index contributed by atoms with van der Waals surface area (Å²) in [4.78, 5) is 60.6. The van der Waals surface area contributed by atoms with Crippen LogP contribution in [0.15, 0.2) is 98.1 Å². The monoisotopic (exact) mass is 737 g/mol. The fourth-order valence-corrected chi connectivity index (χ4v) is 8.68. The minimum absolute atomic E-state index is 0.0500. The Kier molecular flexibility index (Phi) is 12.0. The van der Waals surface area contributed by atoms with Gasteiger partial charge in [-0.05, 0) is 53.6 Å². The molecule has 0 aliphatic carbocycles. The number of rotatable bonds is 17. The number of anilines is 1. The maximum absolute atomic E-state index is 15.1. The Morgan fingerprint density at radius 1 is 1.06 bits per heavy atom. The molecule has 8 atom stereocenters. The average Bonchev–Trinajstić information content (AvgIpc) is 3.82. The lowest BCUT2D eigenvalue weighted by molar-refractivity contribution is -0.163. The van der Waals surface area contributed by atoms with Gasteiger partial charge in [0.1, 0.15) is 17.7 Å². The van der Waals surface area contributed by atoms with Crippen LogP contribution in [0.4, 0.5) is 5.69 Å². The first kappa shape index (κ1) is 38.9. The molecule has 6 rings (SSSR count). The van der Waals surface area contributed by atoms with Gasteiger partial charge in [-0.2, -0.15) is 0 Å². The van der Waals surface area contributed by atoms with E-state index in [9.17, 15) is 19.5 Å². The molecule has 1 spiro atoms. The van der Waals surface area contributed by atoms with E-state index in [-0.39, 0.29) is 43.9 Å². The second-order valence-electron chi connectivity index (χ2n) is 14.8. The molecule has 0 saturated carbocycles. The van der Waals surface area contributed by atoms with Crippen molar-refractivity contribution in [3.05, 3.63) is 104 Å². The van der Waals surface area contributed by atoms with Crippen molar-refractivity contribution in [2.45, 2.75) is 75.5 Å². The molecule has 2 N–H and O–H groups in total. The van der Waals surface area contributed by atoms with Crippen LogP contribution in [0.5, 0.6) is 0 Å². The summed E-state index contributed by atoms with van der Waals surface area (Å²) in [6, 6.07) is 20.1. The highest BCUT2D eigenvalue weighted by Crippen LogP contribution is 2.59. The molecule has 11 nitrogen and oxygen atoms in total. The van der Waals surface area contributed by atoms with Gasteiger partial charge in [0.2, 0.25) is 11.8 Å². The summed E-state index contributed by atoms with van der Waals surface area (Å²) in [7, 11) is 1.50. The van der Waals surface area contributed by atoms with Crippen LogP contribution in [0, 0.1) is 17.8 Å². The average molecular weight is 738 g/mol. The van der Waals surface area contributed by atoms with Gasteiger partial charge in [0.15, 0.2) is 0 Å². The van der Waals surface area contributed by atoms with Crippen molar-refractivity contribution in [1.82, 2.24) is 10.2 Å². The first-order chi connectivity index (χ1) is 26.1. The fraction of sp³-hybridized carbons (Fsp3) is 0.442. The minimum atomic E-state index is -1.34. The van der Waals surface area contributed by atoms with Crippen LogP contribution in [-0.2, 0) is 33.4 Å². The van der Waals surface area contributed by atoms with Gasteiger partial charge < -0.3 is 34.4 Å². The van der Waals surface area contributed by atoms with E-state index in [0.717, 1.165) is 10.8 Å². The number of ether oxygens (including phenoxy) is 3. The van der Waals surface area contributed by atoms with Gasteiger partial charge >= 0.3 is 5.97 Å². The first-order valence-corrected chi connectivity index (χ1v) is 18.8. The van der Waals surface area contributed by atoms with Gasteiger partial charge in [0.05, 0.1) is 43.2 Å². The Balaban J connectivity index is 1.38. The predicted molar refractivity (Wildman–Crippen MR) is 205 cm³/mol. The van der Waals surface area contributed by atoms with E-state index in [4.69, 9.17) is 14.2 Å². The number of likely N-dealkylation sites (tertiary alicyclic amines) is 1. The number of esters is 1. The molecule has 3 heterocycles. The maximum Gasteiger partial charge on any atom is 0.313 e. The number of aliphatic hydroxyl groups is 1. The van der Waals surface area contributed by atoms with E-state index in [1.165, 1.54) is 12.0 Å². The number of hydrogen-bond acceptors (Lipinski definition) is 8. The number of allylic oxidation sites excluding steroid dienone is 1. The van der Waals surface area contributed by atoms with Crippen LogP contribution in [-0.4, -0.2) is 90.4 Å². The quantitative estimate of drug-likeness (QED) is 0.144. The number of amides is 3. The Morgan fingerprint density at radius 3 is 2.44 bits per heavy atom. The maximum atomic E-state index is 15.1. The lowest BCUT2D eigenvalue weighted by Gasteiger charge is -2.40. The highest BCUT2D eigenvalue weighted by atomic mass is 16.6. The smallest absolute Gasteiger partial charge is 0.313 e. The van der Waals surface area contributed by atoms with Gasteiger partial charge in [0, 0.05) is 25.8 Å². The molecule has 3 aromatic carbocycles. The predicted octanol–water partition coefficient (Wildman–Crippen LogP) is 5.13. The molecule has 3 fully saturated rings. The summed E-state index contributed by atoms with van der Waals surface area (Å²) in [5.74, 6) is -4.00. The zero-order valence-electron chi connectivity index (χ0n) is 31.3. The van der Waals surface area contributed by atoms with Gasteiger partial charge in [-0.15, -0.1) is 13.2 Å². The lowest BCUT2D eigenvalue weighted by Crippen LogP contribution is -2.59. The van der Waals surface area contributed by atoms with Gasteiger partial charge in [-0.1, -0.05) is 86.7 Å². The molecule has 54 heavy (non-hydrogen) atoms. The van der Waals surface area contributed by atoms with Crippen molar-refractivity contribution in [3.63, 3.8) is 0 Å². The number of methoxy groups -OCH3 is 1. The normalized spacial score (nSPS) is 24.5. The molecule has 0 radical (unpaired) electrons. The lowest BCUT2D eigenvalue weighted by atomic mass is 9.70. The van der Waals surface area contributed by atoms with Crippen molar-refractivity contribution in [2.75, 3.05) is 31.8 Å². The molecule has 3 amide bonds. The van der Waals surface area contributed by atoms with Crippen LogP contribution in [0.2, 0.25) is 0 Å². The number of hydrogen-bond donors (Lipinski definition) is 2. The molecule has 3 aliphatic rings. The summed E-state index contributed by atoms with van der Waals surface area (Å²) >= 11 is 0.